The molecule has 3 heteroatoms. The standard InChI is InChI=1S/C5H9NOS/c1-6(2)5(8)3-4-7/h3-4,7H,1-2H3/b4-3+. The lowest BCUT2D eigenvalue weighted by molar-refractivity contribution is 0.473. The number of aliphatic hydroxyl groups excluding tert-OH is 1. The van der Waals surface area contributed by atoms with Crippen molar-refractivity contribution in [3.8, 4) is 0 Å². The predicted molar refractivity (Wildman–Crippen MR) is 38.1 cm³/mol. The van der Waals surface area contributed by atoms with Gasteiger partial charge in [0.15, 0.2) is 0 Å². The zero-order chi connectivity index (χ0) is 6.57. The van der Waals surface area contributed by atoms with Gasteiger partial charge < -0.3 is 10.0 Å². The Kier molecular flexibility index (Phi) is 3.19. The molecule has 0 aliphatic carbocycles. The number of hydrogen-bond acceptors (Lipinski definition) is 2. The minimum absolute atomic E-state index is 0.618. The van der Waals surface area contributed by atoms with Crippen molar-refractivity contribution in [2.75, 3.05) is 14.1 Å². The summed E-state index contributed by atoms with van der Waals surface area (Å²) in [5.74, 6) is 0. The molecule has 0 aliphatic heterocycles. The van der Waals surface area contributed by atoms with E-state index in [0.717, 1.165) is 6.26 Å². The lowest BCUT2D eigenvalue weighted by Gasteiger charge is -2.07. The van der Waals surface area contributed by atoms with Gasteiger partial charge in [0, 0.05) is 20.2 Å². The third kappa shape index (κ3) is 2.58. The van der Waals surface area contributed by atoms with E-state index in [1.807, 2.05) is 14.1 Å². The number of aliphatic hydroxyl groups is 1. The van der Waals surface area contributed by atoms with Gasteiger partial charge in [-0.15, -0.1) is 0 Å². The Labute approximate surface area is 54.4 Å². The van der Waals surface area contributed by atoms with Gasteiger partial charge in [0.1, 0.15) is 4.99 Å². The molecule has 0 spiro atoms. The molecule has 8 heavy (non-hydrogen) atoms. The lowest BCUT2D eigenvalue weighted by Crippen LogP contribution is -2.16. The van der Waals surface area contributed by atoms with Gasteiger partial charge in [-0.25, -0.2) is 0 Å². The molecule has 0 rings (SSSR count). The second-order valence-corrected chi connectivity index (χ2v) is 1.97. The highest BCUT2D eigenvalue weighted by Crippen LogP contribution is 1.82. The van der Waals surface area contributed by atoms with Crippen molar-refractivity contribution in [2.24, 2.45) is 0 Å². The van der Waals surface area contributed by atoms with E-state index in [4.69, 9.17) is 17.3 Å². The normalized spacial score (nSPS) is 9.75. The summed E-state index contributed by atoms with van der Waals surface area (Å²) in [5.41, 5.74) is 0. The van der Waals surface area contributed by atoms with Gasteiger partial charge in [-0.3, -0.25) is 0 Å². The molecule has 0 atom stereocenters. The molecular weight excluding hydrogens is 122 g/mol. The maximum atomic E-state index is 8.19. The van der Waals surface area contributed by atoms with E-state index in [0.29, 0.717) is 4.99 Å². The third-order valence-corrected chi connectivity index (χ3v) is 1.16. The fraction of sp³-hybridized carbons (Fsp3) is 0.400. The summed E-state index contributed by atoms with van der Waals surface area (Å²) in [6, 6.07) is 0. The predicted octanol–water partition coefficient (Wildman–Crippen LogP) is 0.947. The molecule has 0 radical (unpaired) electrons. The molecule has 0 amide bonds. The topological polar surface area (TPSA) is 23.5 Å². The largest absolute Gasteiger partial charge is 0.515 e. The molecule has 0 fully saturated rings. The fourth-order valence-corrected chi connectivity index (χ4v) is 0.274. The highest BCUT2D eigenvalue weighted by atomic mass is 32.1. The number of nitrogens with zero attached hydrogens (tertiary/aromatic N) is 1. The van der Waals surface area contributed by atoms with Gasteiger partial charge >= 0.3 is 0 Å². The van der Waals surface area contributed by atoms with Gasteiger partial charge in [-0.05, 0) is 0 Å². The fourth-order valence-electron chi connectivity index (χ4n) is 0.213. The van der Waals surface area contributed by atoms with Crippen LogP contribution in [0.4, 0.5) is 0 Å². The average Bonchev–Trinajstić information content (AvgIpc) is 1.67. The van der Waals surface area contributed by atoms with Crippen molar-refractivity contribution >= 4 is 17.2 Å². The van der Waals surface area contributed by atoms with Gasteiger partial charge in [0.25, 0.3) is 0 Å². The van der Waals surface area contributed by atoms with E-state index in [1.165, 1.54) is 6.08 Å². The molecule has 2 nitrogen and oxygen atoms in total. The molecule has 0 aliphatic rings. The first-order valence-corrected chi connectivity index (χ1v) is 2.61. The molecule has 0 heterocycles. The van der Waals surface area contributed by atoms with E-state index in [1.54, 1.807) is 4.90 Å². The summed E-state index contributed by atoms with van der Waals surface area (Å²) >= 11 is 4.76. The Hall–Kier alpha value is -0.570. The minimum atomic E-state index is 0.618. The summed E-state index contributed by atoms with van der Waals surface area (Å²) in [5, 5.41) is 8.19. The molecule has 0 aromatic heterocycles. The summed E-state index contributed by atoms with van der Waals surface area (Å²) in [7, 11) is 3.64. The van der Waals surface area contributed by atoms with Crippen LogP contribution in [0.2, 0.25) is 0 Å². The Morgan fingerprint density at radius 3 is 2.25 bits per heavy atom. The summed E-state index contributed by atoms with van der Waals surface area (Å²) in [6.07, 6.45) is 2.39. The summed E-state index contributed by atoms with van der Waals surface area (Å²) in [6.45, 7) is 0. The monoisotopic (exact) mass is 131 g/mol. The van der Waals surface area contributed by atoms with Crippen LogP contribution in [0.15, 0.2) is 12.3 Å². The van der Waals surface area contributed by atoms with Crippen molar-refractivity contribution < 1.29 is 5.11 Å². The highest BCUT2D eigenvalue weighted by molar-refractivity contribution is 7.80. The molecule has 0 saturated heterocycles. The van der Waals surface area contributed by atoms with Gasteiger partial charge in [-0.1, -0.05) is 12.2 Å². The van der Waals surface area contributed by atoms with Crippen LogP contribution in [-0.4, -0.2) is 29.1 Å². The first-order chi connectivity index (χ1) is 3.68. The molecule has 0 bridgehead atoms. The van der Waals surface area contributed by atoms with Crippen LogP contribution < -0.4 is 0 Å². The van der Waals surface area contributed by atoms with Gasteiger partial charge in [-0.2, -0.15) is 0 Å². The summed E-state index contributed by atoms with van der Waals surface area (Å²) < 4.78 is 0. The van der Waals surface area contributed by atoms with Crippen LogP contribution >= 0.6 is 12.2 Å². The molecule has 0 aromatic rings. The number of thiocarbonyl (C=S) groups is 1. The first-order valence-electron chi connectivity index (χ1n) is 2.20. The Morgan fingerprint density at radius 2 is 2.12 bits per heavy atom. The summed E-state index contributed by atoms with van der Waals surface area (Å²) in [4.78, 5) is 2.36. The maximum absolute atomic E-state index is 8.19. The molecular formula is C5H9NOS. The van der Waals surface area contributed by atoms with Gasteiger partial charge in [0.05, 0.1) is 6.26 Å². The Morgan fingerprint density at radius 1 is 1.62 bits per heavy atom. The van der Waals surface area contributed by atoms with Crippen LogP contribution in [-0.2, 0) is 0 Å². The smallest absolute Gasteiger partial charge is 0.104 e. The van der Waals surface area contributed by atoms with Crippen LogP contribution in [0.25, 0.3) is 0 Å². The van der Waals surface area contributed by atoms with Crippen molar-refractivity contribution in [2.45, 2.75) is 0 Å². The molecule has 1 N–H and O–H groups in total. The van der Waals surface area contributed by atoms with Crippen molar-refractivity contribution in [1.29, 1.82) is 0 Å². The van der Waals surface area contributed by atoms with E-state index < -0.39 is 0 Å². The molecule has 0 unspecified atom stereocenters. The average molecular weight is 131 g/mol. The Balaban J connectivity index is 3.66. The number of rotatable bonds is 1. The van der Waals surface area contributed by atoms with E-state index in [2.05, 4.69) is 0 Å². The number of hydrogen-bond donors (Lipinski definition) is 1. The van der Waals surface area contributed by atoms with Crippen molar-refractivity contribution in [1.82, 2.24) is 4.90 Å². The second kappa shape index (κ2) is 3.43. The van der Waals surface area contributed by atoms with Gasteiger partial charge in [0.2, 0.25) is 0 Å². The van der Waals surface area contributed by atoms with E-state index in [9.17, 15) is 0 Å². The number of likely N-dealkylation sites (N-methyl/N-ethyl adjacent to an activating group) is 1. The highest BCUT2D eigenvalue weighted by Gasteiger charge is 1.88. The quantitative estimate of drug-likeness (QED) is 0.325. The first kappa shape index (κ1) is 7.43. The zero-order valence-corrected chi connectivity index (χ0v) is 5.77. The minimum Gasteiger partial charge on any atom is -0.515 e. The molecule has 0 aromatic carbocycles. The zero-order valence-electron chi connectivity index (χ0n) is 4.96. The van der Waals surface area contributed by atoms with Crippen LogP contribution in [0.5, 0.6) is 0 Å². The van der Waals surface area contributed by atoms with Crippen LogP contribution in [0.1, 0.15) is 0 Å². The maximum Gasteiger partial charge on any atom is 0.104 e. The molecule has 0 saturated carbocycles. The van der Waals surface area contributed by atoms with Crippen molar-refractivity contribution in [3.05, 3.63) is 12.3 Å². The van der Waals surface area contributed by atoms with Crippen LogP contribution in [0.3, 0.4) is 0 Å². The Bertz CT molecular complexity index is 109. The third-order valence-electron chi connectivity index (χ3n) is 0.658. The molecule has 46 valence electrons. The van der Waals surface area contributed by atoms with E-state index >= 15 is 0 Å². The van der Waals surface area contributed by atoms with Crippen LogP contribution in [0, 0.1) is 0 Å². The lowest BCUT2D eigenvalue weighted by atomic mass is 10.6. The van der Waals surface area contributed by atoms with E-state index in [-0.39, 0.29) is 0 Å². The van der Waals surface area contributed by atoms with Crippen molar-refractivity contribution in [3.63, 3.8) is 0 Å². The SMILES string of the molecule is CN(C)C(=S)/C=C/O. The second-order valence-electron chi connectivity index (χ2n) is 1.55.